The summed E-state index contributed by atoms with van der Waals surface area (Å²) in [6.07, 6.45) is 0.584. The van der Waals surface area contributed by atoms with Crippen molar-refractivity contribution in [2.45, 2.75) is 12.3 Å². The smallest absolute Gasteiger partial charge is 0.231 e. The monoisotopic (exact) mass is 238 g/mol. The molecule has 0 amide bonds. The van der Waals surface area contributed by atoms with E-state index in [-0.39, 0.29) is 5.88 Å². The Kier molecular flexibility index (Phi) is 3.41. The SMILES string of the molecule is COc1cccc(Cc2nc(CCl)no2)c1. The number of aromatic nitrogens is 2. The van der Waals surface area contributed by atoms with Crippen molar-refractivity contribution in [3.05, 3.63) is 41.5 Å². The van der Waals surface area contributed by atoms with Gasteiger partial charge in [-0.3, -0.25) is 0 Å². The first-order valence-electron chi connectivity index (χ1n) is 4.82. The molecule has 2 aromatic rings. The summed E-state index contributed by atoms with van der Waals surface area (Å²) in [6.45, 7) is 0. The van der Waals surface area contributed by atoms with Crippen molar-refractivity contribution in [2.75, 3.05) is 7.11 Å². The van der Waals surface area contributed by atoms with Gasteiger partial charge in [-0.2, -0.15) is 4.98 Å². The Morgan fingerprint density at radius 1 is 1.44 bits per heavy atom. The first kappa shape index (κ1) is 11.0. The number of ether oxygens (including phenoxy) is 1. The highest BCUT2D eigenvalue weighted by molar-refractivity contribution is 6.16. The van der Waals surface area contributed by atoms with Gasteiger partial charge in [0.05, 0.1) is 19.4 Å². The maximum atomic E-state index is 5.59. The van der Waals surface area contributed by atoms with E-state index < -0.39 is 0 Å². The van der Waals surface area contributed by atoms with Crippen LogP contribution in [0.4, 0.5) is 0 Å². The van der Waals surface area contributed by atoms with Crippen LogP contribution in [0.25, 0.3) is 0 Å². The van der Waals surface area contributed by atoms with Gasteiger partial charge in [-0.15, -0.1) is 11.6 Å². The summed E-state index contributed by atoms with van der Waals surface area (Å²) < 4.78 is 10.2. The fourth-order valence-electron chi connectivity index (χ4n) is 1.37. The van der Waals surface area contributed by atoms with Crippen LogP contribution in [0.15, 0.2) is 28.8 Å². The molecule has 0 saturated carbocycles. The molecule has 0 saturated heterocycles. The van der Waals surface area contributed by atoms with Crippen molar-refractivity contribution >= 4 is 11.6 Å². The zero-order valence-electron chi connectivity index (χ0n) is 8.81. The van der Waals surface area contributed by atoms with Crippen LogP contribution in [0.2, 0.25) is 0 Å². The second-order valence-electron chi connectivity index (χ2n) is 3.27. The van der Waals surface area contributed by atoms with Crippen LogP contribution in [0.5, 0.6) is 5.75 Å². The van der Waals surface area contributed by atoms with Crippen LogP contribution in [-0.2, 0) is 12.3 Å². The number of halogens is 1. The summed E-state index contributed by atoms with van der Waals surface area (Å²) in [5.74, 6) is 2.15. The fourth-order valence-corrected chi connectivity index (χ4v) is 1.48. The molecule has 0 radical (unpaired) electrons. The molecule has 84 valence electrons. The Hall–Kier alpha value is -1.55. The maximum Gasteiger partial charge on any atom is 0.231 e. The van der Waals surface area contributed by atoms with E-state index in [0.29, 0.717) is 18.1 Å². The van der Waals surface area contributed by atoms with Crippen molar-refractivity contribution < 1.29 is 9.26 Å². The van der Waals surface area contributed by atoms with E-state index in [1.54, 1.807) is 7.11 Å². The van der Waals surface area contributed by atoms with E-state index in [2.05, 4.69) is 10.1 Å². The van der Waals surface area contributed by atoms with Gasteiger partial charge in [0.2, 0.25) is 5.89 Å². The van der Waals surface area contributed by atoms with E-state index >= 15 is 0 Å². The second-order valence-corrected chi connectivity index (χ2v) is 3.53. The first-order chi connectivity index (χ1) is 7.81. The highest BCUT2D eigenvalue weighted by atomic mass is 35.5. The van der Waals surface area contributed by atoms with Crippen molar-refractivity contribution in [1.82, 2.24) is 10.1 Å². The zero-order chi connectivity index (χ0) is 11.4. The number of nitrogens with zero attached hydrogens (tertiary/aromatic N) is 2. The summed E-state index contributed by atoms with van der Waals surface area (Å²) >= 11 is 5.59. The molecular formula is C11H11ClN2O2. The third-order valence-electron chi connectivity index (χ3n) is 2.12. The molecule has 2 rings (SSSR count). The summed E-state index contributed by atoms with van der Waals surface area (Å²) in [4.78, 5) is 4.13. The normalized spacial score (nSPS) is 10.4. The molecule has 16 heavy (non-hydrogen) atoms. The minimum atomic E-state index is 0.265. The molecule has 1 heterocycles. The van der Waals surface area contributed by atoms with Gasteiger partial charge >= 0.3 is 0 Å². The van der Waals surface area contributed by atoms with E-state index in [1.165, 1.54) is 0 Å². The predicted octanol–water partition coefficient (Wildman–Crippen LogP) is 2.41. The summed E-state index contributed by atoms with van der Waals surface area (Å²) in [7, 11) is 1.64. The quantitative estimate of drug-likeness (QED) is 0.768. The highest BCUT2D eigenvalue weighted by Crippen LogP contribution is 2.15. The molecule has 0 N–H and O–H groups in total. The average Bonchev–Trinajstić information content (AvgIpc) is 2.77. The topological polar surface area (TPSA) is 48.2 Å². The van der Waals surface area contributed by atoms with Gasteiger partial charge in [-0.1, -0.05) is 17.3 Å². The molecule has 0 aliphatic carbocycles. The molecule has 5 heteroatoms. The number of methoxy groups -OCH3 is 1. The van der Waals surface area contributed by atoms with Crippen LogP contribution in [0.3, 0.4) is 0 Å². The Balaban J connectivity index is 2.13. The Morgan fingerprint density at radius 3 is 3.00 bits per heavy atom. The predicted molar refractivity (Wildman–Crippen MR) is 59.7 cm³/mol. The molecular weight excluding hydrogens is 228 g/mol. The van der Waals surface area contributed by atoms with Crippen molar-refractivity contribution in [3.63, 3.8) is 0 Å². The van der Waals surface area contributed by atoms with Crippen LogP contribution in [0, 0.1) is 0 Å². The van der Waals surface area contributed by atoms with Gasteiger partial charge in [0.1, 0.15) is 5.75 Å². The summed E-state index contributed by atoms with van der Waals surface area (Å²) in [5, 5.41) is 3.72. The number of hydrogen-bond donors (Lipinski definition) is 0. The van der Waals surface area contributed by atoms with Crippen LogP contribution >= 0.6 is 11.6 Å². The van der Waals surface area contributed by atoms with E-state index in [0.717, 1.165) is 11.3 Å². The number of hydrogen-bond acceptors (Lipinski definition) is 4. The molecule has 1 aromatic carbocycles. The minimum Gasteiger partial charge on any atom is -0.497 e. The zero-order valence-corrected chi connectivity index (χ0v) is 9.57. The molecule has 0 unspecified atom stereocenters. The van der Waals surface area contributed by atoms with E-state index in [1.807, 2.05) is 24.3 Å². The Morgan fingerprint density at radius 2 is 2.31 bits per heavy atom. The van der Waals surface area contributed by atoms with Crippen molar-refractivity contribution in [2.24, 2.45) is 0 Å². The minimum absolute atomic E-state index is 0.265. The van der Waals surface area contributed by atoms with Gasteiger partial charge in [0.25, 0.3) is 0 Å². The molecule has 0 spiro atoms. The van der Waals surface area contributed by atoms with Gasteiger partial charge in [-0.25, -0.2) is 0 Å². The fraction of sp³-hybridized carbons (Fsp3) is 0.273. The summed E-state index contributed by atoms with van der Waals surface area (Å²) in [5.41, 5.74) is 1.06. The lowest BCUT2D eigenvalue weighted by Crippen LogP contribution is -1.90. The van der Waals surface area contributed by atoms with E-state index in [4.69, 9.17) is 20.9 Å². The lowest BCUT2D eigenvalue weighted by molar-refractivity contribution is 0.380. The number of rotatable bonds is 4. The average molecular weight is 239 g/mol. The Bertz CT molecular complexity index is 471. The van der Waals surface area contributed by atoms with Gasteiger partial charge in [-0.05, 0) is 17.7 Å². The van der Waals surface area contributed by atoms with Crippen molar-refractivity contribution in [1.29, 1.82) is 0 Å². The van der Waals surface area contributed by atoms with Crippen LogP contribution in [0.1, 0.15) is 17.3 Å². The number of benzene rings is 1. The molecule has 0 aliphatic heterocycles. The maximum absolute atomic E-state index is 5.59. The molecule has 0 fully saturated rings. The van der Waals surface area contributed by atoms with Gasteiger partial charge in [0, 0.05) is 0 Å². The third kappa shape index (κ3) is 2.52. The van der Waals surface area contributed by atoms with Crippen LogP contribution < -0.4 is 4.74 Å². The lowest BCUT2D eigenvalue weighted by Gasteiger charge is -2.01. The van der Waals surface area contributed by atoms with E-state index in [9.17, 15) is 0 Å². The molecule has 1 aromatic heterocycles. The van der Waals surface area contributed by atoms with Gasteiger partial charge < -0.3 is 9.26 Å². The third-order valence-corrected chi connectivity index (χ3v) is 2.36. The summed E-state index contributed by atoms with van der Waals surface area (Å²) in [6, 6.07) is 7.73. The number of alkyl halides is 1. The second kappa shape index (κ2) is 4.99. The largest absolute Gasteiger partial charge is 0.497 e. The molecule has 0 bridgehead atoms. The molecule has 0 aliphatic rings. The van der Waals surface area contributed by atoms with Crippen molar-refractivity contribution in [3.8, 4) is 5.75 Å². The first-order valence-corrected chi connectivity index (χ1v) is 5.35. The van der Waals surface area contributed by atoms with Gasteiger partial charge in [0.15, 0.2) is 5.82 Å². The van der Waals surface area contributed by atoms with Crippen LogP contribution in [-0.4, -0.2) is 17.3 Å². The lowest BCUT2D eigenvalue weighted by atomic mass is 10.1. The molecule has 4 nitrogen and oxygen atoms in total. The Labute approximate surface area is 98.2 Å². The molecule has 0 atom stereocenters. The highest BCUT2D eigenvalue weighted by Gasteiger charge is 2.06. The standard InChI is InChI=1S/C11H11ClN2O2/c1-15-9-4-2-3-8(5-9)6-11-13-10(7-12)14-16-11/h2-5H,6-7H2,1H3.